The molecule has 2 aromatic carbocycles. The molecule has 0 bridgehead atoms. The molecule has 3 N–H and O–H groups in total. The zero-order valence-corrected chi connectivity index (χ0v) is 17.0. The molecule has 1 amide bonds. The standard InChI is InChI=1S/C21H19Cl2N3O3/c1-12(13-5-3-2-4-6-13)26-18(27)10-16(15-8-7-14(22)9-17(15)23)19-20(28)24-11-25-21(19)29/h2-9,11-12,16H,10H2,1H3,(H,26,27)(H2,24,25,28,29)/t12-,16?/m0/s1. The monoisotopic (exact) mass is 431 g/mol. The summed E-state index contributed by atoms with van der Waals surface area (Å²) < 4.78 is 0. The lowest BCUT2D eigenvalue weighted by atomic mass is 9.89. The highest BCUT2D eigenvalue weighted by atomic mass is 35.5. The molecule has 29 heavy (non-hydrogen) atoms. The van der Waals surface area contributed by atoms with Crippen molar-refractivity contribution in [2.75, 3.05) is 0 Å². The number of aromatic amines is 1. The highest BCUT2D eigenvalue weighted by Crippen LogP contribution is 2.35. The summed E-state index contributed by atoms with van der Waals surface area (Å²) in [6.45, 7) is 1.87. The predicted octanol–water partition coefficient (Wildman–Crippen LogP) is 4.18. The number of H-pyrrole nitrogens is 1. The van der Waals surface area contributed by atoms with Gasteiger partial charge in [-0.25, -0.2) is 4.98 Å². The Morgan fingerprint density at radius 2 is 1.93 bits per heavy atom. The number of rotatable bonds is 6. The van der Waals surface area contributed by atoms with Crippen LogP contribution in [0.4, 0.5) is 0 Å². The highest BCUT2D eigenvalue weighted by molar-refractivity contribution is 6.35. The number of nitrogens with one attached hydrogen (secondary N) is 2. The van der Waals surface area contributed by atoms with Crippen LogP contribution in [-0.2, 0) is 4.79 Å². The molecule has 1 aromatic heterocycles. The second-order valence-electron chi connectivity index (χ2n) is 6.59. The largest absolute Gasteiger partial charge is 0.493 e. The van der Waals surface area contributed by atoms with Gasteiger partial charge < -0.3 is 15.4 Å². The first-order valence-electron chi connectivity index (χ1n) is 8.92. The predicted molar refractivity (Wildman–Crippen MR) is 112 cm³/mol. The maximum absolute atomic E-state index is 12.8. The van der Waals surface area contributed by atoms with Crippen LogP contribution in [0.5, 0.6) is 5.88 Å². The fourth-order valence-electron chi connectivity index (χ4n) is 3.18. The van der Waals surface area contributed by atoms with Gasteiger partial charge in [-0.05, 0) is 30.2 Å². The van der Waals surface area contributed by atoms with Crippen LogP contribution in [0.15, 0.2) is 59.7 Å². The van der Waals surface area contributed by atoms with Gasteiger partial charge in [0.15, 0.2) is 0 Å². The van der Waals surface area contributed by atoms with Crippen LogP contribution >= 0.6 is 23.2 Å². The Balaban J connectivity index is 1.93. The first-order chi connectivity index (χ1) is 13.9. The van der Waals surface area contributed by atoms with E-state index in [4.69, 9.17) is 23.2 Å². The van der Waals surface area contributed by atoms with Crippen LogP contribution in [0.1, 0.15) is 42.0 Å². The molecule has 150 valence electrons. The molecule has 0 aliphatic carbocycles. The number of halogens is 2. The van der Waals surface area contributed by atoms with Gasteiger partial charge >= 0.3 is 0 Å². The van der Waals surface area contributed by atoms with E-state index in [9.17, 15) is 14.7 Å². The van der Waals surface area contributed by atoms with Crippen molar-refractivity contribution in [3.63, 3.8) is 0 Å². The van der Waals surface area contributed by atoms with Crippen LogP contribution < -0.4 is 10.9 Å². The first-order valence-corrected chi connectivity index (χ1v) is 9.68. The van der Waals surface area contributed by atoms with E-state index in [1.54, 1.807) is 12.1 Å². The fourth-order valence-corrected chi connectivity index (χ4v) is 3.72. The quantitative estimate of drug-likeness (QED) is 0.545. The van der Waals surface area contributed by atoms with Crippen LogP contribution in [-0.4, -0.2) is 21.0 Å². The Kier molecular flexibility index (Phi) is 6.56. The van der Waals surface area contributed by atoms with Gasteiger partial charge in [0, 0.05) is 22.4 Å². The molecule has 3 aromatic rings. The topological polar surface area (TPSA) is 95.1 Å². The minimum atomic E-state index is -0.805. The van der Waals surface area contributed by atoms with Crippen molar-refractivity contribution in [3.8, 4) is 5.88 Å². The Bertz CT molecular complexity index is 1070. The molecule has 2 atom stereocenters. The number of aromatic nitrogens is 2. The Morgan fingerprint density at radius 1 is 1.21 bits per heavy atom. The number of carbonyl (C=O) groups is 1. The van der Waals surface area contributed by atoms with Crippen LogP contribution in [0.3, 0.4) is 0 Å². The molecule has 0 saturated heterocycles. The summed E-state index contributed by atoms with van der Waals surface area (Å²) in [6, 6.07) is 14.0. The van der Waals surface area contributed by atoms with E-state index in [2.05, 4.69) is 15.3 Å². The van der Waals surface area contributed by atoms with Crippen molar-refractivity contribution in [2.24, 2.45) is 0 Å². The van der Waals surface area contributed by atoms with E-state index < -0.39 is 17.4 Å². The minimum absolute atomic E-state index is 0.0285. The van der Waals surface area contributed by atoms with Gasteiger partial charge in [-0.1, -0.05) is 59.6 Å². The zero-order chi connectivity index (χ0) is 21.0. The van der Waals surface area contributed by atoms with E-state index in [1.807, 2.05) is 37.3 Å². The lowest BCUT2D eigenvalue weighted by Crippen LogP contribution is -2.29. The summed E-state index contributed by atoms with van der Waals surface area (Å²) in [6.07, 6.45) is 0.986. The van der Waals surface area contributed by atoms with Gasteiger partial charge in [-0.3, -0.25) is 9.59 Å². The molecule has 0 fully saturated rings. The maximum atomic E-state index is 12.8. The van der Waals surface area contributed by atoms with Gasteiger partial charge in [0.1, 0.15) is 0 Å². The summed E-state index contributed by atoms with van der Waals surface area (Å²) in [5, 5.41) is 13.8. The Hall–Kier alpha value is -2.83. The van der Waals surface area contributed by atoms with Crippen LogP contribution in [0.2, 0.25) is 10.0 Å². The Morgan fingerprint density at radius 3 is 2.59 bits per heavy atom. The van der Waals surface area contributed by atoms with Crippen molar-refractivity contribution in [3.05, 3.63) is 91.9 Å². The summed E-state index contributed by atoms with van der Waals surface area (Å²) >= 11 is 12.3. The van der Waals surface area contributed by atoms with E-state index in [0.717, 1.165) is 11.9 Å². The van der Waals surface area contributed by atoms with Crippen molar-refractivity contribution >= 4 is 29.1 Å². The summed E-state index contributed by atoms with van der Waals surface area (Å²) in [4.78, 5) is 31.4. The molecule has 0 radical (unpaired) electrons. The molecule has 3 rings (SSSR count). The van der Waals surface area contributed by atoms with Gasteiger partial charge in [0.2, 0.25) is 11.8 Å². The summed E-state index contributed by atoms with van der Waals surface area (Å²) in [7, 11) is 0. The maximum Gasteiger partial charge on any atom is 0.258 e. The molecule has 6 nitrogen and oxygen atoms in total. The fraction of sp³-hybridized carbons (Fsp3) is 0.190. The third kappa shape index (κ3) is 4.96. The molecule has 0 aliphatic heterocycles. The van der Waals surface area contributed by atoms with E-state index in [1.165, 1.54) is 6.07 Å². The van der Waals surface area contributed by atoms with Gasteiger partial charge in [0.25, 0.3) is 5.56 Å². The highest BCUT2D eigenvalue weighted by Gasteiger charge is 2.27. The smallest absolute Gasteiger partial charge is 0.258 e. The van der Waals surface area contributed by atoms with Crippen molar-refractivity contribution in [1.82, 2.24) is 15.3 Å². The molecule has 1 unspecified atom stereocenters. The third-order valence-electron chi connectivity index (χ3n) is 4.62. The van der Waals surface area contributed by atoms with Gasteiger partial charge in [-0.2, -0.15) is 0 Å². The lowest BCUT2D eigenvalue weighted by molar-refractivity contribution is -0.121. The number of hydrogen-bond acceptors (Lipinski definition) is 4. The minimum Gasteiger partial charge on any atom is -0.493 e. The molecular formula is C21H19Cl2N3O3. The third-order valence-corrected chi connectivity index (χ3v) is 5.18. The van der Waals surface area contributed by atoms with Crippen molar-refractivity contribution in [2.45, 2.75) is 25.3 Å². The van der Waals surface area contributed by atoms with Crippen molar-refractivity contribution < 1.29 is 9.90 Å². The summed E-state index contributed by atoms with van der Waals surface area (Å²) in [5.41, 5.74) is 0.869. The van der Waals surface area contributed by atoms with Crippen LogP contribution in [0.25, 0.3) is 0 Å². The molecule has 8 heteroatoms. The van der Waals surface area contributed by atoms with Gasteiger partial charge in [-0.15, -0.1) is 0 Å². The Labute approximate surface area is 177 Å². The second kappa shape index (κ2) is 9.11. The SMILES string of the molecule is C[C@H](NC(=O)CC(c1ccc(Cl)cc1Cl)c1c(O)nc[nH]c1=O)c1ccccc1. The number of nitrogens with zero attached hydrogens (tertiary/aromatic N) is 1. The average molecular weight is 432 g/mol. The van der Waals surface area contributed by atoms with Gasteiger partial charge in [0.05, 0.1) is 17.9 Å². The summed E-state index contributed by atoms with van der Waals surface area (Å²) in [5.74, 6) is -1.56. The first kappa shape index (κ1) is 20.9. The normalized spacial score (nSPS) is 12.9. The molecular weight excluding hydrogens is 413 g/mol. The molecule has 0 aliphatic rings. The molecule has 1 heterocycles. The second-order valence-corrected chi connectivity index (χ2v) is 7.44. The molecule has 0 saturated carbocycles. The number of amides is 1. The van der Waals surface area contributed by atoms with E-state index >= 15 is 0 Å². The number of aromatic hydroxyl groups is 1. The number of carbonyl (C=O) groups excluding carboxylic acids is 1. The van der Waals surface area contributed by atoms with E-state index in [0.29, 0.717) is 10.6 Å². The number of hydrogen-bond donors (Lipinski definition) is 3. The van der Waals surface area contributed by atoms with Crippen molar-refractivity contribution in [1.29, 1.82) is 0 Å². The average Bonchev–Trinajstić information content (AvgIpc) is 2.68. The number of benzene rings is 2. The van der Waals surface area contributed by atoms with Crippen LogP contribution in [0, 0.1) is 0 Å². The molecule has 0 spiro atoms. The van der Waals surface area contributed by atoms with E-state index in [-0.39, 0.29) is 29.0 Å². The zero-order valence-electron chi connectivity index (χ0n) is 15.5. The lowest BCUT2D eigenvalue weighted by Gasteiger charge is -2.20.